The van der Waals surface area contributed by atoms with Gasteiger partial charge in [-0.1, -0.05) is 23.2 Å². The van der Waals surface area contributed by atoms with Crippen molar-refractivity contribution in [2.45, 2.75) is 0 Å². The number of nitro benzene ring substituents is 1. The molecule has 0 spiro atoms. The van der Waals surface area contributed by atoms with E-state index in [4.69, 9.17) is 23.2 Å². The molecule has 1 radical (unpaired) electrons. The molecule has 0 aromatic heterocycles. The monoisotopic (exact) mass is 234 g/mol. The van der Waals surface area contributed by atoms with Gasteiger partial charge in [0.05, 0.1) is 10.5 Å². The van der Waals surface area contributed by atoms with Crippen molar-refractivity contribution in [3.8, 4) is 0 Å². The highest BCUT2D eigenvalue weighted by molar-refractivity contribution is 6.38. The number of hydrogen-bond donors (Lipinski definition) is 0. The summed E-state index contributed by atoms with van der Waals surface area (Å²) in [6, 6.07) is 1.84. The summed E-state index contributed by atoms with van der Waals surface area (Å²) in [7, 11) is 0. The molecular formula is C7H2Cl2NO4. The molecule has 0 N–H and O–H groups in total. The minimum atomic E-state index is -1.50. The van der Waals surface area contributed by atoms with E-state index in [1.165, 1.54) is 0 Å². The first kappa shape index (κ1) is 10.7. The van der Waals surface area contributed by atoms with Gasteiger partial charge in [-0.05, 0) is 12.1 Å². The Bertz CT molecular complexity index is 395. The predicted molar refractivity (Wildman–Crippen MR) is 48.1 cm³/mol. The lowest BCUT2D eigenvalue weighted by molar-refractivity contribution is -0.384. The summed E-state index contributed by atoms with van der Waals surface area (Å²) in [5.41, 5.74) is -0.816. The maximum atomic E-state index is 10.4. The van der Waals surface area contributed by atoms with Crippen molar-refractivity contribution in [2.75, 3.05) is 0 Å². The Hall–Kier alpha value is -1.33. The van der Waals surface area contributed by atoms with E-state index in [0.29, 0.717) is 0 Å². The molecule has 73 valence electrons. The first-order valence-corrected chi connectivity index (χ1v) is 4.04. The molecule has 14 heavy (non-hydrogen) atoms. The molecule has 1 aromatic carbocycles. The smallest absolute Gasteiger partial charge is 0.258 e. The SMILES string of the molecule is [O]C(=O)c1cc(Cl)c([N+](=O)[O-])c(Cl)c1. The van der Waals surface area contributed by atoms with Crippen LogP contribution < -0.4 is 0 Å². The maximum absolute atomic E-state index is 10.4. The molecule has 0 amide bonds. The van der Waals surface area contributed by atoms with Crippen LogP contribution in [0, 0.1) is 10.1 Å². The third-order valence-electron chi connectivity index (χ3n) is 1.44. The van der Waals surface area contributed by atoms with Crippen LogP contribution in [-0.2, 0) is 5.11 Å². The van der Waals surface area contributed by atoms with Gasteiger partial charge in [-0.2, -0.15) is 0 Å². The molecule has 0 saturated carbocycles. The van der Waals surface area contributed by atoms with Crippen LogP contribution in [0.25, 0.3) is 0 Å². The fourth-order valence-corrected chi connectivity index (χ4v) is 1.48. The number of benzene rings is 1. The molecular weight excluding hydrogens is 233 g/mol. The second-order valence-corrected chi connectivity index (χ2v) is 3.15. The number of rotatable bonds is 2. The van der Waals surface area contributed by atoms with Gasteiger partial charge in [0.15, 0.2) is 0 Å². The first-order chi connectivity index (χ1) is 6.43. The van der Waals surface area contributed by atoms with Gasteiger partial charge in [0.2, 0.25) is 0 Å². The summed E-state index contributed by atoms with van der Waals surface area (Å²) >= 11 is 10.9. The number of carbonyl (C=O) groups excluding carboxylic acids is 1. The van der Waals surface area contributed by atoms with Crippen molar-refractivity contribution in [1.82, 2.24) is 0 Å². The Morgan fingerprint density at radius 2 is 1.71 bits per heavy atom. The lowest BCUT2D eigenvalue weighted by Crippen LogP contribution is -1.97. The standard InChI is InChI=1S/C7H2Cl2NO4/c8-4-1-3(7(11)12)2-5(9)6(4)10(13)14/h1-2H. The number of halogens is 2. The molecule has 7 heteroatoms. The van der Waals surface area contributed by atoms with Gasteiger partial charge in [-0.15, -0.1) is 0 Å². The van der Waals surface area contributed by atoms with E-state index >= 15 is 0 Å². The normalized spacial score (nSPS) is 9.86. The molecule has 0 aliphatic carbocycles. The van der Waals surface area contributed by atoms with Gasteiger partial charge in [0, 0.05) is 0 Å². The molecule has 0 saturated heterocycles. The second kappa shape index (κ2) is 3.81. The Kier molecular flexibility index (Phi) is 2.93. The molecule has 0 bridgehead atoms. The highest BCUT2D eigenvalue weighted by Gasteiger charge is 2.21. The van der Waals surface area contributed by atoms with Crippen molar-refractivity contribution in [2.24, 2.45) is 0 Å². The Morgan fingerprint density at radius 1 is 1.29 bits per heavy atom. The van der Waals surface area contributed by atoms with Gasteiger partial charge >= 0.3 is 11.7 Å². The molecule has 0 unspecified atom stereocenters. The zero-order valence-electron chi connectivity index (χ0n) is 6.49. The Balaban J connectivity index is 3.39. The van der Waals surface area contributed by atoms with Gasteiger partial charge in [0.25, 0.3) is 0 Å². The van der Waals surface area contributed by atoms with Crippen LogP contribution in [0.2, 0.25) is 10.0 Å². The minimum absolute atomic E-state index is 0.300. The van der Waals surface area contributed by atoms with Gasteiger partial charge in [-0.25, -0.2) is 9.90 Å². The third-order valence-corrected chi connectivity index (χ3v) is 2.01. The number of nitrogens with zero attached hydrogens (tertiary/aromatic N) is 1. The molecule has 0 aliphatic heterocycles. The topological polar surface area (TPSA) is 80.1 Å². The van der Waals surface area contributed by atoms with Crippen LogP contribution in [0.3, 0.4) is 0 Å². The molecule has 0 heterocycles. The molecule has 1 rings (SSSR count). The lowest BCUT2D eigenvalue weighted by Gasteiger charge is -1.98. The van der Waals surface area contributed by atoms with Crippen molar-refractivity contribution in [3.63, 3.8) is 0 Å². The van der Waals surface area contributed by atoms with Crippen LogP contribution in [0.5, 0.6) is 0 Å². The van der Waals surface area contributed by atoms with E-state index in [1.807, 2.05) is 0 Å². The van der Waals surface area contributed by atoms with Crippen LogP contribution in [0.15, 0.2) is 12.1 Å². The lowest BCUT2D eigenvalue weighted by atomic mass is 10.2. The van der Waals surface area contributed by atoms with Crippen molar-refractivity contribution >= 4 is 34.9 Å². The molecule has 5 nitrogen and oxygen atoms in total. The average Bonchev–Trinajstić information content (AvgIpc) is 2.01. The van der Waals surface area contributed by atoms with Gasteiger partial charge in [0.1, 0.15) is 10.0 Å². The summed E-state index contributed by atoms with van der Waals surface area (Å²) in [5.74, 6) is -1.50. The van der Waals surface area contributed by atoms with Crippen molar-refractivity contribution in [1.29, 1.82) is 0 Å². The van der Waals surface area contributed by atoms with Crippen molar-refractivity contribution < 1.29 is 14.8 Å². The van der Waals surface area contributed by atoms with Crippen LogP contribution >= 0.6 is 23.2 Å². The zero-order valence-corrected chi connectivity index (χ0v) is 8.00. The number of carbonyl (C=O) groups is 1. The zero-order chi connectivity index (χ0) is 10.9. The maximum Gasteiger partial charge on any atom is 0.386 e. The fourth-order valence-electron chi connectivity index (χ4n) is 0.858. The highest BCUT2D eigenvalue weighted by Crippen LogP contribution is 2.33. The van der Waals surface area contributed by atoms with E-state index in [2.05, 4.69) is 0 Å². The molecule has 0 aliphatic rings. The molecule has 0 atom stereocenters. The van der Waals surface area contributed by atoms with Gasteiger partial charge in [-0.3, -0.25) is 10.1 Å². The quantitative estimate of drug-likeness (QED) is 0.583. The Labute approximate surface area is 88.0 Å². The number of nitro groups is 1. The van der Waals surface area contributed by atoms with E-state index in [-0.39, 0.29) is 15.6 Å². The van der Waals surface area contributed by atoms with E-state index in [0.717, 1.165) is 12.1 Å². The Morgan fingerprint density at radius 3 is 2.00 bits per heavy atom. The number of hydrogen-bond acceptors (Lipinski definition) is 3. The summed E-state index contributed by atoms with van der Waals surface area (Å²) in [5, 5.41) is 20.1. The highest BCUT2D eigenvalue weighted by atomic mass is 35.5. The van der Waals surface area contributed by atoms with E-state index < -0.39 is 16.6 Å². The largest absolute Gasteiger partial charge is 0.386 e. The van der Waals surface area contributed by atoms with E-state index in [1.54, 1.807) is 0 Å². The summed E-state index contributed by atoms with van der Waals surface area (Å²) in [6.45, 7) is 0. The van der Waals surface area contributed by atoms with Crippen molar-refractivity contribution in [3.05, 3.63) is 37.9 Å². The first-order valence-electron chi connectivity index (χ1n) is 3.28. The summed E-state index contributed by atoms with van der Waals surface area (Å²) < 4.78 is 0. The van der Waals surface area contributed by atoms with Crippen LogP contribution in [0.4, 0.5) is 5.69 Å². The van der Waals surface area contributed by atoms with Crippen LogP contribution in [0.1, 0.15) is 10.4 Å². The predicted octanol–water partition coefficient (Wildman–Crippen LogP) is 2.47. The van der Waals surface area contributed by atoms with Crippen LogP contribution in [-0.4, -0.2) is 10.9 Å². The minimum Gasteiger partial charge on any atom is -0.258 e. The summed E-state index contributed by atoms with van der Waals surface area (Å²) in [6.07, 6.45) is 0. The van der Waals surface area contributed by atoms with Gasteiger partial charge < -0.3 is 0 Å². The molecule has 1 aromatic rings. The second-order valence-electron chi connectivity index (χ2n) is 2.33. The van der Waals surface area contributed by atoms with E-state index in [9.17, 15) is 20.0 Å². The average molecular weight is 235 g/mol. The molecule has 0 fully saturated rings. The fraction of sp³-hybridized carbons (Fsp3) is 0. The summed E-state index contributed by atoms with van der Waals surface area (Å²) in [4.78, 5) is 20.0. The third kappa shape index (κ3) is 1.94.